The van der Waals surface area contributed by atoms with Crippen LogP contribution >= 0.6 is 0 Å². The molecular formula is C15H17N3O2. The number of carbonyl (C=O) groups is 1. The van der Waals surface area contributed by atoms with Crippen molar-refractivity contribution < 1.29 is 9.53 Å². The lowest BCUT2D eigenvalue weighted by Gasteiger charge is -2.62. The summed E-state index contributed by atoms with van der Waals surface area (Å²) in [5.74, 6) is 1.32. The van der Waals surface area contributed by atoms with E-state index < -0.39 is 0 Å². The number of fused-ring (bicyclic) bond motifs is 1. The first-order chi connectivity index (χ1) is 9.63. The summed E-state index contributed by atoms with van der Waals surface area (Å²) in [6.45, 7) is 4.10. The van der Waals surface area contributed by atoms with Gasteiger partial charge in [-0.2, -0.15) is 0 Å². The van der Waals surface area contributed by atoms with Crippen molar-refractivity contribution in [2.45, 2.75) is 38.6 Å². The Morgan fingerprint density at radius 3 is 2.85 bits per heavy atom. The normalized spacial score (nSPS) is 27.0. The van der Waals surface area contributed by atoms with Gasteiger partial charge in [0, 0.05) is 17.1 Å². The molecule has 20 heavy (non-hydrogen) atoms. The topological polar surface area (TPSA) is 57.0 Å². The zero-order chi connectivity index (χ0) is 13.9. The maximum atomic E-state index is 12.2. The van der Waals surface area contributed by atoms with Gasteiger partial charge in [0.05, 0.1) is 6.61 Å². The second-order valence-electron chi connectivity index (χ2n) is 5.98. The molecule has 5 rings (SSSR count). The lowest BCUT2D eigenvalue weighted by molar-refractivity contribution is -0.0875. The van der Waals surface area contributed by atoms with Crippen molar-refractivity contribution in [2.24, 2.45) is 5.92 Å². The zero-order valence-corrected chi connectivity index (χ0v) is 11.7. The van der Waals surface area contributed by atoms with E-state index in [-0.39, 0.29) is 11.5 Å². The van der Waals surface area contributed by atoms with Crippen LogP contribution in [0.2, 0.25) is 0 Å². The van der Waals surface area contributed by atoms with Crippen LogP contribution < -0.4 is 0 Å². The van der Waals surface area contributed by atoms with Gasteiger partial charge in [0.2, 0.25) is 0 Å². The molecule has 0 radical (unpaired) electrons. The average molecular weight is 271 g/mol. The molecule has 2 heterocycles. The van der Waals surface area contributed by atoms with E-state index in [4.69, 9.17) is 4.74 Å². The molecule has 0 unspecified atom stereocenters. The molecule has 2 aromatic heterocycles. The molecule has 2 bridgehead atoms. The van der Waals surface area contributed by atoms with Gasteiger partial charge >= 0.3 is 5.97 Å². The molecule has 0 spiro atoms. The first-order valence-corrected chi connectivity index (χ1v) is 7.16. The van der Waals surface area contributed by atoms with Crippen molar-refractivity contribution >= 4 is 17.0 Å². The van der Waals surface area contributed by atoms with Gasteiger partial charge in [-0.15, -0.1) is 0 Å². The number of hydrogen-bond donors (Lipinski definition) is 0. The smallest absolute Gasteiger partial charge is 0.355 e. The second kappa shape index (κ2) is 3.81. The molecule has 5 nitrogen and oxygen atoms in total. The predicted octanol–water partition coefficient (Wildman–Crippen LogP) is 2.43. The fourth-order valence-corrected chi connectivity index (χ4v) is 3.62. The fraction of sp³-hybridized carbons (Fsp3) is 0.533. The van der Waals surface area contributed by atoms with Gasteiger partial charge in [-0.1, -0.05) is 0 Å². The van der Waals surface area contributed by atoms with Gasteiger partial charge in [0.1, 0.15) is 17.2 Å². The Balaban J connectivity index is 1.93. The minimum absolute atomic E-state index is 0.106. The van der Waals surface area contributed by atoms with Crippen molar-refractivity contribution in [1.82, 2.24) is 14.5 Å². The molecule has 0 aliphatic heterocycles. The Morgan fingerprint density at radius 2 is 2.25 bits per heavy atom. The van der Waals surface area contributed by atoms with Crippen LogP contribution in [0.1, 0.15) is 42.5 Å². The Bertz CT molecular complexity index is 702. The molecule has 0 amide bonds. The molecule has 3 aliphatic carbocycles. The summed E-state index contributed by atoms with van der Waals surface area (Å²) in [6.07, 6.45) is 5.27. The molecule has 2 aromatic rings. The molecule has 3 fully saturated rings. The largest absolute Gasteiger partial charge is 0.461 e. The maximum Gasteiger partial charge on any atom is 0.355 e. The number of esters is 1. The van der Waals surface area contributed by atoms with Crippen molar-refractivity contribution in [2.75, 3.05) is 6.61 Å². The number of aryl methyl sites for hydroxylation is 1. The van der Waals surface area contributed by atoms with Gasteiger partial charge in [-0.3, -0.25) is 0 Å². The maximum absolute atomic E-state index is 12.2. The Kier molecular flexibility index (Phi) is 2.26. The Labute approximate surface area is 117 Å². The molecule has 0 aromatic carbocycles. The van der Waals surface area contributed by atoms with Gasteiger partial charge in [0.15, 0.2) is 0 Å². The summed E-state index contributed by atoms with van der Waals surface area (Å²) in [6, 6.07) is 1.87. The lowest BCUT2D eigenvalue weighted by Crippen LogP contribution is -2.60. The van der Waals surface area contributed by atoms with Gasteiger partial charge in [-0.05, 0) is 45.1 Å². The van der Waals surface area contributed by atoms with Gasteiger partial charge < -0.3 is 9.30 Å². The highest BCUT2D eigenvalue weighted by molar-refractivity contribution is 5.94. The average Bonchev–Trinajstić information content (AvgIpc) is 2.65. The third-order valence-electron chi connectivity index (χ3n) is 4.63. The molecule has 3 aliphatic rings. The van der Waals surface area contributed by atoms with Crippen LogP contribution in [0.15, 0.2) is 12.3 Å². The monoisotopic (exact) mass is 271 g/mol. The number of hydrogen-bond acceptors (Lipinski definition) is 4. The summed E-state index contributed by atoms with van der Waals surface area (Å²) >= 11 is 0. The van der Waals surface area contributed by atoms with E-state index >= 15 is 0 Å². The molecule has 0 saturated heterocycles. The van der Waals surface area contributed by atoms with Crippen LogP contribution in [0.5, 0.6) is 0 Å². The first-order valence-electron chi connectivity index (χ1n) is 7.16. The van der Waals surface area contributed by atoms with Gasteiger partial charge in [-0.25, -0.2) is 14.8 Å². The quantitative estimate of drug-likeness (QED) is 0.804. The van der Waals surface area contributed by atoms with E-state index in [9.17, 15) is 4.79 Å². The highest BCUT2D eigenvalue weighted by Gasteiger charge is 2.59. The summed E-state index contributed by atoms with van der Waals surface area (Å²) in [7, 11) is 0. The van der Waals surface area contributed by atoms with Crippen LogP contribution in [0.25, 0.3) is 11.0 Å². The van der Waals surface area contributed by atoms with E-state index in [2.05, 4.69) is 14.5 Å². The van der Waals surface area contributed by atoms with E-state index in [0.29, 0.717) is 12.3 Å². The summed E-state index contributed by atoms with van der Waals surface area (Å²) in [5.41, 5.74) is 1.61. The minimum atomic E-state index is -0.257. The summed E-state index contributed by atoms with van der Waals surface area (Å²) in [5, 5.41) is 0.920. The first kappa shape index (κ1) is 11.9. The molecular weight excluding hydrogens is 254 g/mol. The number of carbonyl (C=O) groups excluding carboxylic acids is 1. The van der Waals surface area contributed by atoms with E-state index in [1.807, 2.05) is 19.9 Å². The number of ether oxygens (including phenoxy) is 1. The van der Waals surface area contributed by atoms with E-state index in [0.717, 1.165) is 42.0 Å². The standard InChI is InChI=1S/C15H17N3O2/c1-3-20-14(19)12-4-11-8-16-9(2)17-13(11)18(12)15-5-10(6-15)7-15/h4,8,10H,3,5-7H2,1-2H3. The number of aromatic nitrogens is 3. The molecule has 3 saturated carbocycles. The molecule has 104 valence electrons. The number of nitrogens with zero attached hydrogens (tertiary/aromatic N) is 3. The van der Waals surface area contributed by atoms with Crippen LogP contribution in [0, 0.1) is 12.8 Å². The lowest BCUT2D eigenvalue weighted by atomic mass is 9.49. The van der Waals surface area contributed by atoms with Crippen LogP contribution in [-0.4, -0.2) is 27.1 Å². The summed E-state index contributed by atoms with van der Waals surface area (Å²) < 4.78 is 7.32. The SMILES string of the molecule is CCOC(=O)c1cc2cnc(C)nc2n1C12CC(C1)C2. The van der Waals surface area contributed by atoms with Crippen molar-refractivity contribution in [3.8, 4) is 0 Å². The van der Waals surface area contributed by atoms with Crippen LogP contribution in [0.4, 0.5) is 0 Å². The van der Waals surface area contributed by atoms with Crippen molar-refractivity contribution in [3.05, 3.63) is 23.8 Å². The third kappa shape index (κ3) is 1.40. The molecule has 0 atom stereocenters. The third-order valence-corrected chi connectivity index (χ3v) is 4.63. The zero-order valence-electron chi connectivity index (χ0n) is 11.7. The highest BCUT2D eigenvalue weighted by atomic mass is 16.5. The number of rotatable bonds is 3. The molecule has 0 N–H and O–H groups in total. The predicted molar refractivity (Wildman–Crippen MR) is 73.5 cm³/mol. The van der Waals surface area contributed by atoms with Crippen LogP contribution in [-0.2, 0) is 10.3 Å². The van der Waals surface area contributed by atoms with E-state index in [1.54, 1.807) is 6.20 Å². The van der Waals surface area contributed by atoms with E-state index in [1.165, 1.54) is 0 Å². The highest BCUT2D eigenvalue weighted by Crippen LogP contribution is 2.63. The summed E-state index contributed by atoms with van der Waals surface area (Å²) in [4.78, 5) is 21.0. The van der Waals surface area contributed by atoms with Crippen LogP contribution in [0.3, 0.4) is 0 Å². The van der Waals surface area contributed by atoms with Gasteiger partial charge in [0.25, 0.3) is 0 Å². The minimum Gasteiger partial charge on any atom is -0.461 e. The molecule has 5 heteroatoms. The van der Waals surface area contributed by atoms with Crippen molar-refractivity contribution in [1.29, 1.82) is 0 Å². The second-order valence-corrected chi connectivity index (χ2v) is 5.98. The fourth-order valence-electron chi connectivity index (χ4n) is 3.62. The Hall–Kier alpha value is -1.91. The Morgan fingerprint density at radius 1 is 1.50 bits per heavy atom. The van der Waals surface area contributed by atoms with Crippen molar-refractivity contribution in [3.63, 3.8) is 0 Å².